The third-order valence-corrected chi connectivity index (χ3v) is 5.14. The average molecular weight is 450 g/mol. The lowest BCUT2D eigenvalue weighted by molar-refractivity contribution is -0.120. The van der Waals surface area contributed by atoms with E-state index in [1.807, 2.05) is 25.1 Å². The highest BCUT2D eigenvalue weighted by Crippen LogP contribution is 2.31. The molecule has 4 rings (SSSR count). The van der Waals surface area contributed by atoms with Crippen LogP contribution in [0.25, 0.3) is 0 Å². The van der Waals surface area contributed by atoms with Crippen molar-refractivity contribution in [3.63, 3.8) is 0 Å². The van der Waals surface area contributed by atoms with Gasteiger partial charge in [-0.25, -0.2) is 9.29 Å². The van der Waals surface area contributed by atoms with E-state index in [1.54, 1.807) is 24.3 Å². The number of nitrogens with one attached hydrogen (secondary N) is 2. The highest BCUT2D eigenvalue weighted by Gasteiger charge is 2.40. The molecular weight excluding hydrogens is 433 g/mol. The van der Waals surface area contributed by atoms with Crippen molar-refractivity contribution in [1.29, 1.82) is 0 Å². The minimum atomic E-state index is -0.836. The molecule has 0 spiro atoms. The van der Waals surface area contributed by atoms with Crippen molar-refractivity contribution in [3.8, 4) is 0 Å². The third-order valence-electron chi connectivity index (χ3n) is 4.79. The van der Waals surface area contributed by atoms with Crippen LogP contribution in [0.2, 0.25) is 0 Å². The van der Waals surface area contributed by atoms with Crippen LogP contribution in [0, 0.1) is 12.7 Å². The summed E-state index contributed by atoms with van der Waals surface area (Å²) in [5.41, 5.74) is 1.96. The van der Waals surface area contributed by atoms with Gasteiger partial charge >= 0.3 is 0 Å². The molecule has 2 N–H and O–H groups in total. The molecule has 0 saturated heterocycles. The van der Waals surface area contributed by atoms with Crippen molar-refractivity contribution in [3.05, 3.63) is 100 Å². The van der Waals surface area contributed by atoms with Gasteiger partial charge in [0.1, 0.15) is 16.5 Å². The number of halogens is 2. The SMILES string of the molecule is Cc1cccc(NC(=O)c2cccc(NC3=C(Cl)C(=O)N(c4ccccc4F)C3=O)c2)c1. The summed E-state index contributed by atoms with van der Waals surface area (Å²) in [6, 6.07) is 19.2. The maximum atomic E-state index is 14.1. The van der Waals surface area contributed by atoms with E-state index in [4.69, 9.17) is 11.6 Å². The second-order valence-electron chi connectivity index (χ2n) is 7.12. The number of hydrogen-bond donors (Lipinski definition) is 2. The Hall–Kier alpha value is -3.97. The lowest BCUT2D eigenvalue weighted by Crippen LogP contribution is -2.33. The van der Waals surface area contributed by atoms with Crippen LogP contribution in [0.1, 0.15) is 15.9 Å². The number of carbonyl (C=O) groups is 3. The van der Waals surface area contributed by atoms with Crippen molar-refractivity contribution in [2.24, 2.45) is 0 Å². The van der Waals surface area contributed by atoms with Gasteiger partial charge in [-0.1, -0.05) is 41.9 Å². The van der Waals surface area contributed by atoms with E-state index in [1.165, 1.54) is 24.3 Å². The molecule has 0 atom stereocenters. The molecule has 0 saturated carbocycles. The number of carbonyl (C=O) groups excluding carboxylic acids is 3. The molecule has 0 fully saturated rings. The lowest BCUT2D eigenvalue weighted by Gasteiger charge is -2.15. The molecule has 32 heavy (non-hydrogen) atoms. The fourth-order valence-corrected chi connectivity index (χ4v) is 3.48. The number of imide groups is 1. The van der Waals surface area contributed by atoms with Crippen LogP contribution in [0.15, 0.2) is 83.5 Å². The summed E-state index contributed by atoms with van der Waals surface area (Å²) in [7, 11) is 0. The standard InChI is InChI=1S/C24H17ClFN3O3/c1-14-6-4-8-16(12-14)28-22(30)15-7-5-9-17(13-15)27-21-20(25)23(31)29(24(21)32)19-11-3-2-10-18(19)26/h2-13,27H,1H3,(H,28,30). The smallest absolute Gasteiger partial charge is 0.283 e. The van der Waals surface area contributed by atoms with Gasteiger partial charge < -0.3 is 10.6 Å². The maximum absolute atomic E-state index is 14.1. The topological polar surface area (TPSA) is 78.5 Å². The Labute approximate surface area is 188 Å². The van der Waals surface area contributed by atoms with Gasteiger partial charge in [-0.3, -0.25) is 14.4 Å². The van der Waals surface area contributed by atoms with Crippen LogP contribution in [-0.2, 0) is 9.59 Å². The number of nitrogens with zero attached hydrogens (tertiary/aromatic N) is 1. The fraction of sp³-hybridized carbons (Fsp3) is 0.0417. The van der Waals surface area contributed by atoms with Crippen LogP contribution in [0.3, 0.4) is 0 Å². The van der Waals surface area contributed by atoms with Crippen LogP contribution >= 0.6 is 11.6 Å². The van der Waals surface area contributed by atoms with Crippen molar-refractivity contribution in [2.45, 2.75) is 6.92 Å². The normalized spacial score (nSPS) is 13.5. The van der Waals surface area contributed by atoms with E-state index in [0.29, 0.717) is 21.8 Å². The third kappa shape index (κ3) is 4.10. The van der Waals surface area contributed by atoms with Crippen molar-refractivity contribution < 1.29 is 18.8 Å². The predicted molar refractivity (Wildman–Crippen MR) is 121 cm³/mol. The van der Waals surface area contributed by atoms with Crippen molar-refractivity contribution >= 4 is 46.4 Å². The molecule has 0 bridgehead atoms. The minimum Gasteiger partial charge on any atom is -0.350 e. The summed E-state index contributed by atoms with van der Waals surface area (Å²) in [6.07, 6.45) is 0. The van der Waals surface area contributed by atoms with E-state index in [0.717, 1.165) is 11.6 Å². The Morgan fingerprint density at radius 1 is 0.906 bits per heavy atom. The zero-order valence-electron chi connectivity index (χ0n) is 16.9. The Balaban J connectivity index is 1.55. The van der Waals surface area contributed by atoms with Gasteiger partial charge in [0.2, 0.25) is 0 Å². The number of aryl methyl sites for hydroxylation is 1. The molecule has 160 valence electrons. The van der Waals surface area contributed by atoms with Crippen LogP contribution in [-0.4, -0.2) is 17.7 Å². The molecule has 3 amide bonds. The van der Waals surface area contributed by atoms with Crippen LogP contribution in [0.5, 0.6) is 0 Å². The Morgan fingerprint density at radius 3 is 2.38 bits per heavy atom. The lowest BCUT2D eigenvalue weighted by atomic mass is 10.1. The maximum Gasteiger partial charge on any atom is 0.283 e. The summed E-state index contributed by atoms with van der Waals surface area (Å²) in [5, 5.41) is 5.23. The first-order valence-electron chi connectivity index (χ1n) is 9.63. The Kier molecular flexibility index (Phi) is 5.75. The molecule has 8 heteroatoms. The van der Waals surface area contributed by atoms with Gasteiger partial charge in [0.15, 0.2) is 0 Å². The number of rotatable bonds is 5. The predicted octanol–water partition coefficient (Wildman–Crippen LogP) is 4.82. The molecule has 0 unspecified atom stereocenters. The number of anilines is 3. The minimum absolute atomic E-state index is 0.191. The van der Waals surface area contributed by atoms with Crippen molar-refractivity contribution in [2.75, 3.05) is 15.5 Å². The van der Waals surface area contributed by atoms with Gasteiger partial charge in [0.05, 0.1) is 5.69 Å². The monoisotopic (exact) mass is 449 g/mol. The van der Waals surface area contributed by atoms with E-state index < -0.39 is 17.6 Å². The molecule has 3 aromatic rings. The second kappa shape index (κ2) is 8.64. The molecule has 1 heterocycles. The molecule has 0 aliphatic carbocycles. The molecule has 0 radical (unpaired) electrons. The number of para-hydroxylation sites is 1. The Morgan fingerprint density at radius 2 is 1.62 bits per heavy atom. The summed E-state index contributed by atoms with van der Waals surface area (Å²) >= 11 is 6.10. The largest absolute Gasteiger partial charge is 0.350 e. The molecule has 0 aromatic heterocycles. The zero-order valence-corrected chi connectivity index (χ0v) is 17.6. The van der Waals surface area contributed by atoms with Gasteiger partial charge in [-0.15, -0.1) is 0 Å². The van der Waals surface area contributed by atoms with E-state index in [9.17, 15) is 18.8 Å². The summed E-state index contributed by atoms with van der Waals surface area (Å²) in [4.78, 5) is 38.6. The molecule has 6 nitrogen and oxygen atoms in total. The molecular formula is C24H17ClFN3O3. The van der Waals surface area contributed by atoms with Crippen molar-refractivity contribution in [1.82, 2.24) is 0 Å². The van der Waals surface area contributed by atoms with Gasteiger partial charge in [-0.05, 0) is 55.0 Å². The fourth-order valence-electron chi connectivity index (χ4n) is 3.27. The number of benzene rings is 3. The highest BCUT2D eigenvalue weighted by molar-refractivity contribution is 6.53. The van der Waals surface area contributed by atoms with E-state index >= 15 is 0 Å². The summed E-state index contributed by atoms with van der Waals surface area (Å²) in [6.45, 7) is 1.92. The summed E-state index contributed by atoms with van der Waals surface area (Å²) in [5.74, 6) is -2.70. The van der Waals surface area contributed by atoms with E-state index in [-0.39, 0.29) is 22.3 Å². The van der Waals surface area contributed by atoms with Crippen LogP contribution in [0.4, 0.5) is 21.5 Å². The Bertz CT molecular complexity index is 1290. The van der Waals surface area contributed by atoms with Gasteiger partial charge in [0, 0.05) is 16.9 Å². The zero-order chi connectivity index (χ0) is 22.8. The number of amides is 3. The first kappa shape index (κ1) is 21.3. The first-order valence-corrected chi connectivity index (χ1v) is 10.0. The highest BCUT2D eigenvalue weighted by atomic mass is 35.5. The second-order valence-corrected chi connectivity index (χ2v) is 7.49. The first-order chi connectivity index (χ1) is 15.3. The quantitative estimate of drug-likeness (QED) is 0.547. The molecule has 1 aliphatic rings. The van der Waals surface area contributed by atoms with Gasteiger partial charge in [-0.2, -0.15) is 0 Å². The van der Waals surface area contributed by atoms with Crippen LogP contribution < -0.4 is 15.5 Å². The molecule has 3 aromatic carbocycles. The van der Waals surface area contributed by atoms with E-state index in [2.05, 4.69) is 10.6 Å². The number of hydrogen-bond acceptors (Lipinski definition) is 4. The summed E-state index contributed by atoms with van der Waals surface area (Å²) < 4.78 is 14.1. The molecule has 1 aliphatic heterocycles. The average Bonchev–Trinajstić information content (AvgIpc) is 2.98. The van der Waals surface area contributed by atoms with Gasteiger partial charge in [0.25, 0.3) is 17.7 Å².